The predicted molar refractivity (Wildman–Crippen MR) is 94.2 cm³/mol. The Kier molecular flexibility index (Phi) is 8.11. The van der Waals surface area contributed by atoms with Gasteiger partial charge in [0.15, 0.2) is 0 Å². The summed E-state index contributed by atoms with van der Waals surface area (Å²) in [5, 5.41) is 2.79. The molecule has 0 radical (unpaired) electrons. The number of amides is 1. The molecular formula is C15H24ClN3O4S. The molecule has 1 saturated heterocycles. The Hall–Kier alpha value is -1.19. The van der Waals surface area contributed by atoms with Crippen molar-refractivity contribution in [2.24, 2.45) is 0 Å². The summed E-state index contributed by atoms with van der Waals surface area (Å²) in [5.41, 5.74) is 0.449. The lowest BCUT2D eigenvalue weighted by Gasteiger charge is -2.26. The molecule has 24 heavy (non-hydrogen) atoms. The van der Waals surface area contributed by atoms with Gasteiger partial charge < -0.3 is 15.0 Å². The molecule has 1 aromatic rings. The van der Waals surface area contributed by atoms with E-state index in [0.717, 1.165) is 6.54 Å². The van der Waals surface area contributed by atoms with Gasteiger partial charge in [-0.3, -0.25) is 4.79 Å². The van der Waals surface area contributed by atoms with Crippen molar-refractivity contribution in [3.8, 4) is 0 Å². The van der Waals surface area contributed by atoms with Gasteiger partial charge in [-0.25, -0.2) is 8.42 Å². The van der Waals surface area contributed by atoms with Crippen LogP contribution in [0.3, 0.4) is 0 Å². The summed E-state index contributed by atoms with van der Waals surface area (Å²) in [5.74, 6) is -0.206. The standard InChI is InChI=1S/C15H23N3O4S.ClH/c1-17(2)8-7-16-15(19)13-3-5-14(6-4-13)23(20,21)18-9-11-22-12-10-18;/h3-6H,7-12H2,1-2H3,(H,16,19);1H. The number of halogens is 1. The van der Waals surface area contributed by atoms with Crippen LogP contribution in [0.25, 0.3) is 0 Å². The van der Waals surface area contributed by atoms with Crippen LogP contribution < -0.4 is 5.32 Å². The summed E-state index contributed by atoms with van der Waals surface area (Å²) < 4.78 is 31.5. The maximum atomic E-state index is 12.5. The average Bonchev–Trinajstić information content (AvgIpc) is 2.55. The van der Waals surface area contributed by atoms with Gasteiger partial charge in [0.2, 0.25) is 10.0 Å². The minimum Gasteiger partial charge on any atom is -0.379 e. The smallest absolute Gasteiger partial charge is 0.251 e. The maximum Gasteiger partial charge on any atom is 0.251 e. The highest BCUT2D eigenvalue weighted by Gasteiger charge is 2.26. The van der Waals surface area contributed by atoms with Gasteiger partial charge in [0.05, 0.1) is 18.1 Å². The van der Waals surface area contributed by atoms with E-state index in [9.17, 15) is 13.2 Å². The molecule has 7 nitrogen and oxygen atoms in total. The number of sulfonamides is 1. The Labute approximate surface area is 149 Å². The number of nitrogens with one attached hydrogen (secondary N) is 1. The quantitative estimate of drug-likeness (QED) is 0.777. The van der Waals surface area contributed by atoms with E-state index in [2.05, 4.69) is 5.32 Å². The lowest BCUT2D eigenvalue weighted by atomic mass is 10.2. The monoisotopic (exact) mass is 377 g/mol. The maximum absolute atomic E-state index is 12.5. The van der Waals surface area contributed by atoms with Gasteiger partial charge in [0, 0.05) is 31.7 Å². The van der Waals surface area contributed by atoms with Crippen molar-refractivity contribution >= 4 is 28.3 Å². The molecule has 0 aromatic heterocycles. The normalized spacial score (nSPS) is 15.8. The SMILES string of the molecule is CN(C)CCNC(=O)c1ccc(S(=O)(=O)N2CCOCC2)cc1.Cl. The molecule has 1 fully saturated rings. The van der Waals surface area contributed by atoms with E-state index in [0.29, 0.717) is 38.4 Å². The van der Waals surface area contributed by atoms with Crippen LogP contribution >= 0.6 is 12.4 Å². The van der Waals surface area contributed by atoms with Gasteiger partial charge in [-0.15, -0.1) is 12.4 Å². The Morgan fingerprint density at radius 1 is 1.21 bits per heavy atom. The minimum atomic E-state index is -3.52. The summed E-state index contributed by atoms with van der Waals surface area (Å²) in [6.07, 6.45) is 0. The van der Waals surface area contributed by atoms with Crippen LogP contribution in [0, 0.1) is 0 Å². The Balaban J connectivity index is 0.00000288. The summed E-state index contributed by atoms with van der Waals surface area (Å²) in [7, 11) is 0.338. The second-order valence-corrected chi connectivity index (χ2v) is 7.54. The molecule has 0 aliphatic carbocycles. The molecule has 1 aliphatic rings. The number of nitrogens with zero attached hydrogens (tertiary/aromatic N) is 2. The molecular weight excluding hydrogens is 354 g/mol. The number of likely N-dealkylation sites (N-methyl/N-ethyl adjacent to an activating group) is 1. The molecule has 1 amide bonds. The fourth-order valence-electron chi connectivity index (χ4n) is 2.21. The first-order chi connectivity index (χ1) is 10.9. The molecule has 0 saturated carbocycles. The number of carbonyl (C=O) groups is 1. The van der Waals surface area contributed by atoms with Gasteiger partial charge in [-0.05, 0) is 38.4 Å². The number of morpholine rings is 1. The van der Waals surface area contributed by atoms with Crippen LogP contribution in [0.1, 0.15) is 10.4 Å². The highest BCUT2D eigenvalue weighted by Crippen LogP contribution is 2.17. The van der Waals surface area contributed by atoms with Crippen LogP contribution in [0.2, 0.25) is 0 Å². The van der Waals surface area contributed by atoms with Gasteiger partial charge >= 0.3 is 0 Å². The van der Waals surface area contributed by atoms with E-state index >= 15 is 0 Å². The van der Waals surface area contributed by atoms with Crippen molar-refractivity contribution in [1.82, 2.24) is 14.5 Å². The highest BCUT2D eigenvalue weighted by molar-refractivity contribution is 7.89. The van der Waals surface area contributed by atoms with Crippen molar-refractivity contribution in [3.63, 3.8) is 0 Å². The van der Waals surface area contributed by atoms with E-state index < -0.39 is 10.0 Å². The third-order valence-electron chi connectivity index (χ3n) is 3.57. The zero-order chi connectivity index (χ0) is 16.9. The van der Waals surface area contributed by atoms with E-state index in [4.69, 9.17) is 4.74 Å². The fraction of sp³-hybridized carbons (Fsp3) is 0.533. The molecule has 0 atom stereocenters. The van der Waals surface area contributed by atoms with Crippen LogP contribution in [0.4, 0.5) is 0 Å². The molecule has 1 aromatic carbocycles. The van der Waals surface area contributed by atoms with E-state index in [-0.39, 0.29) is 23.2 Å². The zero-order valence-electron chi connectivity index (χ0n) is 13.9. The molecule has 0 bridgehead atoms. The number of carbonyl (C=O) groups excluding carboxylic acids is 1. The van der Waals surface area contributed by atoms with Gasteiger partial charge in [-0.2, -0.15) is 4.31 Å². The van der Waals surface area contributed by atoms with Crippen molar-refractivity contribution < 1.29 is 17.9 Å². The van der Waals surface area contributed by atoms with E-state index in [1.54, 1.807) is 12.1 Å². The number of rotatable bonds is 6. The van der Waals surface area contributed by atoms with Crippen LogP contribution in [0.5, 0.6) is 0 Å². The summed E-state index contributed by atoms with van der Waals surface area (Å²) in [6.45, 7) is 2.82. The largest absolute Gasteiger partial charge is 0.379 e. The first kappa shape index (κ1) is 20.9. The Morgan fingerprint density at radius 2 is 1.79 bits per heavy atom. The molecule has 2 rings (SSSR count). The number of benzene rings is 1. The van der Waals surface area contributed by atoms with Crippen LogP contribution in [-0.4, -0.2) is 77.0 Å². The first-order valence-electron chi connectivity index (χ1n) is 7.52. The molecule has 1 heterocycles. The van der Waals surface area contributed by atoms with Crippen molar-refractivity contribution in [2.45, 2.75) is 4.90 Å². The van der Waals surface area contributed by atoms with Crippen LogP contribution in [-0.2, 0) is 14.8 Å². The second kappa shape index (κ2) is 9.33. The van der Waals surface area contributed by atoms with Gasteiger partial charge in [0.25, 0.3) is 5.91 Å². The Morgan fingerprint density at radius 3 is 2.33 bits per heavy atom. The van der Waals surface area contributed by atoms with Gasteiger partial charge in [-0.1, -0.05) is 0 Å². The summed E-state index contributed by atoms with van der Waals surface area (Å²) in [6, 6.07) is 6.04. The Bertz CT molecular complexity index is 629. The van der Waals surface area contributed by atoms with E-state index in [1.807, 2.05) is 19.0 Å². The van der Waals surface area contributed by atoms with E-state index in [1.165, 1.54) is 16.4 Å². The summed E-state index contributed by atoms with van der Waals surface area (Å²) >= 11 is 0. The fourth-order valence-corrected chi connectivity index (χ4v) is 3.62. The van der Waals surface area contributed by atoms with Crippen molar-refractivity contribution in [3.05, 3.63) is 29.8 Å². The third-order valence-corrected chi connectivity index (χ3v) is 5.48. The molecule has 136 valence electrons. The highest BCUT2D eigenvalue weighted by atomic mass is 35.5. The molecule has 0 unspecified atom stereocenters. The number of hydrogen-bond acceptors (Lipinski definition) is 5. The second-order valence-electron chi connectivity index (χ2n) is 5.60. The molecule has 0 spiro atoms. The number of ether oxygens (including phenoxy) is 1. The molecule has 9 heteroatoms. The zero-order valence-corrected chi connectivity index (χ0v) is 15.5. The van der Waals surface area contributed by atoms with Crippen molar-refractivity contribution in [1.29, 1.82) is 0 Å². The van der Waals surface area contributed by atoms with Crippen molar-refractivity contribution in [2.75, 3.05) is 53.5 Å². The first-order valence-corrected chi connectivity index (χ1v) is 8.96. The third kappa shape index (κ3) is 5.42. The molecule has 1 aliphatic heterocycles. The minimum absolute atomic E-state index is 0. The van der Waals surface area contributed by atoms with Crippen LogP contribution in [0.15, 0.2) is 29.2 Å². The topological polar surface area (TPSA) is 79.0 Å². The predicted octanol–water partition coefficient (Wildman–Crippen LogP) is 0.421. The lowest BCUT2D eigenvalue weighted by molar-refractivity contribution is 0.0730. The molecule has 1 N–H and O–H groups in total. The lowest BCUT2D eigenvalue weighted by Crippen LogP contribution is -2.40. The summed E-state index contributed by atoms with van der Waals surface area (Å²) in [4.78, 5) is 14.2. The number of hydrogen-bond donors (Lipinski definition) is 1. The average molecular weight is 378 g/mol. The van der Waals surface area contributed by atoms with Gasteiger partial charge in [0.1, 0.15) is 0 Å².